The molecule has 1 aromatic heterocycles. The Morgan fingerprint density at radius 2 is 1.83 bits per heavy atom. The summed E-state index contributed by atoms with van der Waals surface area (Å²) in [4.78, 5) is 31.9. The number of ether oxygens (including phenoxy) is 1. The summed E-state index contributed by atoms with van der Waals surface area (Å²) in [7, 11) is 0. The van der Waals surface area contributed by atoms with Gasteiger partial charge in [0.05, 0.1) is 0 Å². The maximum atomic E-state index is 12.1. The minimum Gasteiger partial charge on any atom is -0.460 e. The molecule has 0 aromatic carbocycles. The first-order chi connectivity index (χ1) is 11.5. The van der Waals surface area contributed by atoms with Gasteiger partial charge >= 0.3 is 6.01 Å². The maximum Gasteiger partial charge on any atom is 0.317 e. The fraction of sp³-hybridized carbons (Fsp3) is 0.647. The van der Waals surface area contributed by atoms with Gasteiger partial charge in [-0.25, -0.2) is 9.97 Å². The molecular formula is C17H24N4O3. The van der Waals surface area contributed by atoms with Gasteiger partial charge in [-0.15, -0.1) is 0 Å². The summed E-state index contributed by atoms with van der Waals surface area (Å²) in [5.74, 6) is -0.108. The Kier molecular flexibility index (Phi) is 4.97. The van der Waals surface area contributed by atoms with Crippen molar-refractivity contribution in [2.24, 2.45) is 0 Å². The number of hydrogen-bond acceptors (Lipinski definition) is 5. The third kappa shape index (κ3) is 4.21. The zero-order valence-electron chi connectivity index (χ0n) is 14.2. The lowest BCUT2D eigenvalue weighted by Gasteiger charge is -2.29. The summed E-state index contributed by atoms with van der Waals surface area (Å²) < 4.78 is 5.89. The Bertz CT molecular complexity index is 606. The molecule has 0 bridgehead atoms. The summed E-state index contributed by atoms with van der Waals surface area (Å²) in [6, 6.07) is 2.14. The van der Waals surface area contributed by atoms with Crippen LogP contribution in [0.2, 0.25) is 0 Å². The second-order valence-corrected chi connectivity index (χ2v) is 6.69. The van der Waals surface area contributed by atoms with E-state index in [1.807, 2.05) is 19.9 Å². The first kappa shape index (κ1) is 16.7. The van der Waals surface area contributed by atoms with E-state index >= 15 is 0 Å². The third-order valence-corrected chi connectivity index (χ3v) is 4.57. The third-order valence-electron chi connectivity index (χ3n) is 4.57. The summed E-state index contributed by atoms with van der Waals surface area (Å²) in [6.45, 7) is 3.85. The molecule has 24 heavy (non-hydrogen) atoms. The van der Waals surface area contributed by atoms with Crippen LogP contribution in [0.25, 0.3) is 0 Å². The Morgan fingerprint density at radius 3 is 2.42 bits per heavy atom. The number of hydrogen-bond donors (Lipinski definition) is 2. The highest BCUT2D eigenvalue weighted by Crippen LogP contribution is 2.23. The van der Waals surface area contributed by atoms with E-state index in [0.29, 0.717) is 18.9 Å². The van der Waals surface area contributed by atoms with Crippen LogP contribution in [0.4, 0.5) is 0 Å². The summed E-state index contributed by atoms with van der Waals surface area (Å²) in [5, 5.41) is 5.75. The lowest BCUT2D eigenvalue weighted by molar-refractivity contribution is -0.126. The molecule has 1 saturated carbocycles. The second kappa shape index (κ2) is 7.15. The largest absolute Gasteiger partial charge is 0.460 e. The number of nitrogens with one attached hydrogen (secondary N) is 2. The summed E-state index contributed by atoms with van der Waals surface area (Å²) >= 11 is 0. The predicted molar refractivity (Wildman–Crippen MR) is 87.5 cm³/mol. The molecule has 1 aliphatic heterocycles. The molecule has 1 aliphatic carbocycles. The molecule has 2 N–H and O–H groups in total. The van der Waals surface area contributed by atoms with Crippen molar-refractivity contribution >= 4 is 11.8 Å². The van der Waals surface area contributed by atoms with E-state index in [1.54, 1.807) is 0 Å². The van der Waals surface area contributed by atoms with Gasteiger partial charge in [0, 0.05) is 23.9 Å². The van der Waals surface area contributed by atoms with Crippen LogP contribution >= 0.6 is 0 Å². The van der Waals surface area contributed by atoms with Crippen molar-refractivity contribution in [3.05, 3.63) is 17.5 Å². The smallest absolute Gasteiger partial charge is 0.317 e. The van der Waals surface area contributed by atoms with Crippen molar-refractivity contribution < 1.29 is 14.3 Å². The molecule has 7 heteroatoms. The van der Waals surface area contributed by atoms with Crippen molar-refractivity contribution in [3.8, 4) is 6.01 Å². The minimum absolute atomic E-state index is 0.0410. The van der Waals surface area contributed by atoms with Crippen LogP contribution in [-0.4, -0.2) is 40.0 Å². The number of aromatic nitrogens is 2. The monoisotopic (exact) mass is 332 g/mol. The van der Waals surface area contributed by atoms with E-state index in [2.05, 4.69) is 20.6 Å². The Labute approximate surface area is 141 Å². The van der Waals surface area contributed by atoms with Crippen molar-refractivity contribution in [3.63, 3.8) is 0 Å². The van der Waals surface area contributed by atoms with Gasteiger partial charge in [-0.2, -0.15) is 0 Å². The number of amides is 2. The summed E-state index contributed by atoms with van der Waals surface area (Å²) in [5.41, 5.74) is 1.80. The molecule has 2 heterocycles. The molecule has 130 valence electrons. The Hall–Kier alpha value is -2.18. The molecule has 1 aromatic rings. The zero-order chi connectivity index (χ0) is 17.1. The standard InChI is InChI=1S/C17H24N4O3/c1-10-9-11(2)19-17(18-10)24-13-5-3-12(4-6-13)20-16(23)14-7-8-15(22)21-14/h9,12-14H,3-8H2,1-2H3,(H,20,23)(H,21,22). The van der Waals surface area contributed by atoms with Crippen LogP contribution in [0, 0.1) is 13.8 Å². The number of rotatable bonds is 4. The highest BCUT2D eigenvalue weighted by Gasteiger charge is 2.30. The predicted octanol–water partition coefficient (Wildman–Crippen LogP) is 1.18. The first-order valence-corrected chi connectivity index (χ1v) is 8.58. The minimum atomic E-state index is -0.366. The molecule has 2 aliphatic rings. The zero-order valence-corrected chi connectivity index (χ0v) is 14.2. The van der Waals surface area contributed by atoms with E-state index in [-0.39, 0.29) is 30.0 Å². The van der Waals surface area contributed by atoms with Gasteiger partial charge in [0.1, 0.15) is 12.1 Å². The van der Waals surface area contributed by atoms with Gasteiger partial charge in [0.2, 0.25) is 11.8 Å². The van der Waals surface area contributed by atoms with E-state index in [1.165, 1.54) is 0 Å². The highest BCUT2D eigenvalue weighted by molar-refractivity contribution is 5.90. The van der Waals surface area contributed by atoms with Crippen molar-refractivity contribution in [2.75, 3.05) is 0 Å². The molecule has 0 radical (unpaired) electrons. The van der Waals surface area contributed by atoms with Crippen LogP contribution in [0.1, 0.15) is 49.9 Å². The summed E-state index contributed by atoms with van der Waals surface area (Å²) in [6.07, 6.45) is 4.56. The van der Waals surface area contributed by atoms with Crippen LogP contribution in [0.5, 0.6) is 6.01 Å². The molecule has 1 atom stereocenters. The maximum absolute atomic E-state index is 12.1. The van der Waals surface area contributed by atoms with E-state index in [0.717, 1.165) is 37.1 Å². The van der Waals surface area contributed by atoms with Gasteiger partial charge in [0.15, 0.2) is 0 Å². The second-order valence-electron chi connectivity index (χ2n) is 6.69. The Balaban J connectivity index is 1.45. The quantitative estimate of drug-likeness (QED) is 0.863. The van der Waals surface area contributed by atoms with Gasteiger partial charge < -0.3 is 15.4 Å². The number of carbonyl (C=O) groups is 2. The molecular weight excluding hydrogens is 308 g/mol. The molecule has 2 fully saturated rings. The van der Waals surface area contributed by atoms with E-state index in [4.69, 9.17) is 4.74 Å². The van der Waals surface area contributed by atoms with Crippen molar-refractivity contribution in [1.29, 1.82) is 0 Å². The first-order valence-electron chi connectivity index (χ1n) is 8.58. The average molecular weight is 332 g/mol. The highest BCUT2D eigenvalue weighted by atomic mass is 16.5. The fourth-order valence-corrected chi connectivity index (χ4v) is 3.33. The normalized spacial score (nSPS) is 26.8. The lowest BCUT2D eigenvalue weighted by Crippen LogP contribution is -2.47. The van der Waals surface area contributed by atoms with E-state index in [9.17, 15) is 9.59 Å². The molecule has 0 spiro atoms. The van der Waals surface area contributed by atoms with Crippen molar-refractivity contribution in [2.45, 2.75) is 70.6 Å². The van der Waals surface area contributed by atoms with Crippen LogP contribution < -0.4 is 15.4 Å². The molecule has 3 rings (SSSR count). The van der Waals surface area contributed by atoms with Crippen LogP contribution in [0.3, 0.4) is 0 Å². The Morgan fingerprint density at radius 1 is 1.17 bits per heavy atom. The molecule has 7 nitrogen and oxygen atoms in total. The average Bonchev–Trinajstić information content (AvgIpc) is 2.95. The van der Waals surface area contributed by atoms with Crippen molar-refractivity contribution in [1.82, 2.24) is 20.6 Å². The molecule has 1 unspecified atom stereocenters. The van der Waals surface area contributed by atoms with Gasteiger partial charge in [-0.05, 0) is 52.0 Å². The molecule has 2 amide bonds. The number of nitrogens with zero attached hydrogens (tertiary/aromatic N) is 2. The SMILES string of the molecule is Cc1cc(C)nc(OC2CCC(NC(=O)C3CCC(=O)N3)CC2)n1. The van der Waals surface area contributed by atoms with Gasteiger partial charge in [-0.3, -0.25) is 9.59 Å². The topological polar surface area (TPSA) is 93.2 Å². The van der Waals surface area contributed by atoms with Crippen LogP contribution in [0.15, 0.2) is 6.07 Å². The fourth-order valence-electron chi connectivity index (χ4n) is 3.33. The number of aryl methyl sites for hydroxylation is 2. The van der Waals surface area contributed by atoms with Gasteiger partial charge in [0.25, 0.3) is 0 Å². The van der Waals surface area contributed by atoms with Gasteiger partial charge in [-0.1, -0.05) is 0 Å². The molecule has 1 saturated heterocycles. The van der Waals surface area contributed by atoms with E-state index < -0.39 is 0 Å². The lowest BCUT2D eigenvalue weighted by atomic mass is 9.92. The number of carbonyl (C=O) groups excluding carboxylic acids is 2. The van der Waals surface area contributed by atoms with Crippen LogP contribution in [-0.2, 0) is 9.59 Å².